The molecule has 1 aliphatic heterocycles. The van der Waals surface area contributed by atoms with E-state index in [0.29, 0.717) is 11.8 Å². The van der Waals surface area contributed by atoms with Crippen molar-refractivity contribution >= 4 is 5.91 Å². The number of likely N-dealkylation sites (tertiary alicyclic amines) is 1. The molecular formula is C12H20N4O2. The minimum absolute atomic E-state index is 0.0271. The second-order valence-electron chi connectivity index (χ2n) is 5.20. The van der Waals surface area contributed by atoms with E-state index in [4.69, 9.17) is 10.3 Å². The summed E-state index contributed by atoms with van der Waals surface area (Å²) in [6.45, 7) is 6.49. The van der Waals surface area contributed by atoms with Gasteiger partial charge in [-0.2, -0.15) is 4.98 Å². The number of amides is 1. The van der Waals surface area contributed by atoms with Crippen molar-refractivity contribution in [2.75, 3.05) is 13.1 Å². The molecule has 1 aliphatic rings. The third kappa shape index (κ3) is 2.87. The van der Waals surface area contributed by atoms with Crippen molar-refractivity contribution < 1.29 is 9.32 Å². The number of nitrogens with zero attached hydrogens (tertiary/aromatic N) is 3. The molecule has 1 unspecified atom stereocenters. The minimum Gasteiger partial charge on any atom is -0.363 e. The van der Waals surface area contributed by atoms with Gasteiger partial charge in [0.1, 0.15) is 0 Å². The van der Waals surface area contributed by atoms with Crippen LogP contribution in [-0.4, -0.2) is 34.0 Å². The largest absolute Gasteiger partial charge is 0.363 e. The van der Waals surface area contributed by atoms with Gasteiger partial charge in [-0.1, -0.05) is 19.0 Å². The average Bonchev–Trinajstić information content (AvgIpc) is 2.94. The molecule has 6 heteroatoms. The number of primary amides is 1. The van der Waals surface area contributed by atoms with Gasteiger partial charge in [0.2, 0.25) is 5.89 Å². The molecule has 0 aliphatic carbocycles. The minimum atomic E-state index is -0.642. The fraction of sp³-hybridized carbons (Fsp3) is 0.750. The lowest BCUT2D eigenvalue weighted by Gasteiger charge is -2.22. The lowest BCUT2D eigenvalue weighted by molar-refractivity contribution is 0.0987. The molecule has 0 aromatic carbocycles. The molecule has 1 amide bonds. The number of hydrogen-bond donors (Lipinski definition) is 1. The molecule has 1 aromatic rings. The van der Waals surface area contributed by atoms with Crippen molar-refractivity contribution in [3.05, 3.63) is 11.7 Å². The summed E-state index contributed by atoms with van der Waals surface area (Å²) in [5.74, 6) is 0.526. The number of carbonyl (C=O) groups is 1. The van der Waals surface area contributed by atoms with Gasteiger partial charge in [0.15, 0.2) is 0 Å². The van der Waals surface area contributed by atoms with E-state index in [1.165, 1.54) is 0 Å². The van der Waals surface area contributed by atoms with Gasteiger partial charge < -0.3 is 10.3 Å². The zero-order valence-corrected chi connectivity index (χ0v) is 10.9. The summed E-state index contributed by atoms with van der Waals surface area (Å²) >= 11 is 0. The molecule has 1 saturated heterocycles. The highest BCUT2D eigenvalue weighted by Gasteiger charge is 2.30. The predicted octanol–water partition coefficient (Wildman–Crippen LogP) is 1.35. The summed E-state index contributed by atoms with van der Waals surface area (Å²) in [4.78, 5) is 17.4. The van der Waals surface area contributed by atoms with Gasteiger partial charge >= 0.3 is 0 Å². The molecule has 1 atom stereocenters. The number of nitrogens with two attached hydrogens (primary N) is 1. The van der Waals surface area contributed by atoms with E-state index in [-0.39, 0.29) is 11.9 Å². The first-order valence-corrected chi connectivity index (χ1v) is 6.45. The van der Waals surface area contributed by atoms with Crippen LogP contribution in [0.25, 0.3) is 0 Å². The Balaban J connectivity index is 2.03. The van der Waals surface area contributed by atoms with E-state index in [0.717, 1.165) is 32.4 Å². The van der Waals surface area contributed by atoms with Crippen LogP contribution in [0.3, 0.4) is 0 Å². The summed E-state index contributed by atoms with van der Waals surface area (Å²) in [7, 11) is 0. The fourth-order valence-corrected chi connectivity index (χ4v) is 2.27. The summed E-state index contributed by atoms with van der Waals surface area (Å²) in [6, 6.07) is 0.143. The third-order valence-electron chi connectivity index (χ3n) is 3.30. The van der Waals surface area contributed by atoms with E-state index >= 15 is 0 Å². The van der Waals surface area contributed by atoms with Crippen molar-refractivity contribution in [3.63, 3.8) is 0 Å². The number of rotatable bonds is 5. The van der Waals surface area contributed by atoms with Gasteiger partial charge in [0.05, 0.1) is 6.04 Å². The van der Waals surface area contributed by atoms with Gasteiger partial charge in [0, 0.05) is 0 Å². The highest BCUT2D eigenvalue weighted by molar-refractivity contribution is 5.88. The van der Waals surface area contributed by atoms with Crippen molar-refractivity contribution in [3.8, 4) is 0 Å². The molecular weight excluding hydrogens is 232 g/mol. The van der Waals surface area contributed by atoms with Crippen LogP contribution in [-0.2, 0) is 0 Å². The maximum Gasteiger partial charge on any atom is 0.290 e. The Bertz CT molecular complexity index is 416. The first-order chi connectivity index (χ1) is 8.58. The summed E-state index contributed by atoms with van der Waals surface area (Å²) in [6.07, 6.45) is 3.27. The van der Waals surface area contributed by atoms with Gasteiger partial charge in [-0.15, -0.1) is 0 Å². The zero-order chi connectivity index (χ0) is 13.1. The van der Waals surface area contributed by atoms with Crippen molar-refractivity contribution in [2.24, 2.45) is 11.7 Å². The second-order valence-corrected chi connectivity index (χ2v) is 5.20. The van der Waals surface area contributed by atoms with E-state index in [1.54, 1.807) is 0 Å². The highest BCUT2D eigenvalue weighted by atomic mass is 16.5. The topological polar surface area (TPSA) is 85.3 Å². The van der Waals surface area contributed by atoms with E-state index < -0.39 is 5.91 Å². The van der Waals surface area contributed by atoms with Gasteiger partial charge in [-0.3, -0.25) is 9.69 Å². The van der Waals surface area contributed by atoms with Gasteiger partial charge in [-0.05, 0) is 38.3 Å². The van der Waals surface area contributed by atoms with E-state index in [1.807, 2.05) is 0 Å². The highest BCUT2D eigenvalue weighted by Crippen LogP contribution is 2.31. The van der Waals surface area contributed by atoms with Gasteiger partial charge in [0.25, 0.3) is 11.7 Å². The standard InChI is InChI=1S/C12H20N4O2/c1-8(2)5-7-16-6-3-4-9(16)12-14-11(10(13)17)15-18-12/h8-9H,3-7H2,1-2H3,(H2,13,17). The van der Waals surface area contributed by atoms with Crippen LogP contribution in [0, 0.1) is 5.92 Å². The van der Waals surface area contributed by atoms with Crippen LogP contribution in [0.1, 0.15) is 55.7 Å². The van der Waals surface area contributed by atoms with Crippen molar-refractivity contribution in [2.45, 2.75) is 39.2 Å². The maximum absolute atomic E-state index is 10.9. The number of aromatic nitrogens is 2. The Morgan fingerprint density at radius 3 is 3.00 bits per heavy atom. The lowest BCUT2D eigenvalue weighted by atomic mass is 10.1. The summed E-state index contributed by atoms with van der Waals surface area (Å²) in [5, 5.41) is 3.60. The van der Waals surface area contributed by atoms with E-state index in [9.17, 15) is 4.79 Å². The smallest absolute Gasteiger partial charge is 0.290 e. The molecule has 6 nitrogen and oxygen atoms in total. The molecule has 0 bridgehead atoms. The molecule has 2 heterocycles. The first-order valence-electron chi connectivity index (χ1n) is 6.45. The zero-order valence-electron chi connectivity index (χ0n) is 10.9. The van der Waals surface area contributed by atoms with Gasteiger partial charge in [-0.25, -0.2) is 0 Å². The molecule has 2 rings (SSSR count). The summed E-state index contributed by atoms with van der Waals surface area (Å²) in [5.41, 5.74) is 5.12. The number of hydrogen-bond acceptors (Lipinski definition) is 5. The average molecular weight is 252 g/mol. The Morgan fingerprint density at radius 2 is 2.39 bits per heavy atom. The Labute approximate surface area is 107 Å². The monoisotopic (exact) mass is 252 g/mol. The van der Waals surface area contributed by atoms with E-state index in [2.05, 4.69) is 28.9 Å². The van der Waals surface area contributed by atoms with Crippen LogP contribution in [0.2, 0.25) is 0 Å². The van der Waals surface area contributed by atoms with Crippen LogP contribution < -0.4 is 5.73 Å². The molecule has 2 N–H and O–H groups in total. The van der Waals surface area contributed by atoms with Crippen LogP contribution in [0.4, 0.5) is 0 Å². The number of carbonyl (C=O) groups excluding carboxylic acids is 1. The molecule has 0 spiro atoms. The molecule has 1 aromatic heterocycles. The normalized spacial score (nSPS) is 20.7. The fourth-order valence-electron chi connectivity index (χ4n) is 2.27. The van der Waals surface area contributed by atoms with Crippen molar-refractivity contribution in [1.29, 1.82) is 0 Å². The maximum atomic E-state index is 10.9. The molecule has 100 valence electrons. The predicted molar refractivity (Wildman–Crippen MR) is 65.8 cm³/mol. The second kappa shape index (κ2) is 5.48. The lowest BCUT2D eigenvalue weighted by Crippen LogP contribution is -2.25. The Morgan fingerprint density at radius 1 is 1.61 bits per heavy atom. The van der Waals surface area contributed by atoms with Crippen LogP contribution in [0.5, 0.6) is 0 Å². The SMILES string of the molecule is CC(C)CCN1CCCC1c1nc(C(N)=O)no1. The molecule has 0 radical (unpaired) electrons. The Hall–Kier alpha value is -1.43. The molecule has 1 fully saturated rings. The van der Waals surface area contributed by atoms with Crippen molar-refractivity contribution in [1.82, 2.24) is 15.0 Å². The third-order valence-corrected chi connectivity index (χ3v) is 3.30. The first kappa shape index (κ1) is 13.0. The Kier molecular flexibility index (Phi) is 3.96. The van der Waals surface area contributed by atoms with Crippen LogP contribution in [0.15, 0.2) is 4.52 Å². The molecule has 0 saturated carbocycles. The van der Waals surface area contributed by atoms with Crippen LogP contribution >= 0.6 is 0 Å². The summed E-state index contributed by atoms with van der Waals surface area (Å²) < 4.78 is 5.14. The quantitative estimate of drug-likeness (QED) is 0.855. The molecule has 18 heavy (non-hydrogen) atoms.